The van der Waals surface area contributed by atoms with Crippen molar-refractivity contribution in [2.45, 2.75) is 18.9 Å². The Labute approximate surface area is 109 Å². The van der Waals surface area contributed by atoms with Gasteiger partial charge in [-0.1, -0.05) is 5.16 Å². The van der Waals surface area contributed by atoms with Crippen molar-refractivity contribution in [1.29, 1.82) is 0 Å². The minimum absolute atomic E-state index is 0.0323. The maximum atomic E-state index is 11.9. The van der Waals surface area contributed by atoms with Crippen LogP contribution >= 0.6 is 0 Å². The Bertz CT molecular complexity index is 584. The molecule has 0 bridgehead atoms. The van der Waals surface area contributed by atoms with Crippen molar-refractivity contribution in [3.8, 4) is 0 Å². The van der Waals surface area contributed by atoms with Gasteiger partial charge in [-0.05, 0) is 19.4 Å². The predicted molar refractivity (Wildman–Crippen MR) is 65.4 cm³/mol. The van der Waals surface area contributed by atoms with Crippen LogP contribution in [0.2, 0.25) is 0 Å². The maximum absolute atomic E-state index is 11.9. The topological polar surface area (TPSA) is 97.9 Å². The second-order valence-electron chi connectivity index (χ2n) is 4.40. The number of carbonyl (C=O) groups is 1. The Morgan fingerprint density at radius 1 is 1.63 bits per heavy atom. The fourth-order valence-electron chi connectivity index (χ4n) is 2.03. The molecule has 0 radical (unpaired) electrons. The van der Waals surface area contributed by atoms with Gasteiger partial charge in [0.2, 0.25) is 5.89 Å². The lowest BCUT2D eigenvalue weighted by Crippen LogP contribution is -2.17. The zero-order chi connectivity index (χ0) is 13.2. The van der Waals surface area contributed by atoms with E-state index in [1.807, 2.05) is 0 Å². The average molecular weight is 262 g/mol. The van der Waals surface area contributed by atoms with Gasteiger partial charge in [0.25, 0.3) is 11.7 Å². The van der Waals surface area contributed by atoms with E-state index in [4.69, 9.17) is 4.52 Å². The third-order valence-electron chi connectivity index (χ3n) is 3.07. The highest BCUT2D eigenvalue weighted by Gasteiger charge is 2.24. The number of carbonyl (C=O) groups excluding carboxylic acids is 1. The van der Waals surface area contributed by atoms with Crippen LogP contribution in [0.3, 0.4) is 0 Å². The van der Waals surface area contributed by atoms with Gasteiger partial charge < -0.3 is 15.2 Å². The molecule has 1 saturated heterocycles. The third-order valence-corrected chi connectivity index (χ3v) is 3.07. The van der Waals surface area contributed by atoms with Crippen LogP contribution < -0.4 is 10.6 Å². The summed E-state index contributed by atoms with van der Waals surface area (Å²) in [7, 11) is 1.74. The van der Waals surface area contributed by atoms with Crippen molar-refractivity contribution in [3.63, 3.8) is 0 Å². The quantitative estimate of drug-likeness (QED) is 0.835. The molecule has 1 amide bonds. The number of anilines is 1. The van der Waals surface area contributed by atoms with Gasteiger partial charge in [-0.3, -0.25) is 9.48 Å². The van der Waals surface area contributed by atoms with Crippen LogP contribution in [0.15, 0.2) is 16.8 Å². The first kappa shape index (κ1) is 11.8. The minimum atomic E-state index is -0.406. The molecule has 2 aromatic rings. The van der Waals surface area contributed by atoms with Gasteiger partial charge in [0.1, 0.15) is 5.82 Å². The lowest BCUT2D eigenvalue weighted by molar-refractivity contribution is 0.101. The zero-order valence-corrected chi connectivity index (χ0v) is 10.5. The summed E-state index contributed by atoms with van der Waals surface area (Å²) in [5, 5.41) is 13.6. The Morgan fingerprint density at radius 3 is 3.21 bits per heavy atom. The standard InChI is InChI=1S/C11H14N6O2/c1-17-8(4-6-13-17)14-10(18)9-15-11(19-16-9)7-3-2-5-12-7/h4,6-7,12H,2-3,5H2,1H3,(H,14,18). The van der Waals surface area contributed by atoms with Crippen LogP contribution in [0, 0.1) is 0 Å². The molecule has 1 unspecified atom stereocenters. The van der Waals surface area contributed by atoms with E-state index in [0.29, 0.717) is 11.7 Å². The van der Waals surface area contributed by atoms with Gasteiger partial charge in [0.15, 0.2) is 0 Å². The van der Waals surface area contributed by atoms with Crippen LogP contribution in [0.1, 0.15) is 35.4 Å². The van der Waals surface area contributed by atoms with Gasteiger partial charge in [-0.2, -0.15) is 10.1 Å². The normalized spacial score (nSPS) is 18.7. The molecule has 1 aliphatic heterocycles. The fourth-order valence-corrected chi connectivity index (χ4v) is 2.03. The average Bonchev–Trinajstić information content (AvgIpc) is 3.09. The Kier molecular flexibility index (Phi) is 3.00. The highest BCUT2D eigenvalue weighted by Crippen LogP contribution is 2.21. The summed E-state index contributed by atoms with van der Waals surface area (Å²) in [6.45, 7) is 0.934. The maximum Gasteiger partial charge on any atom is 0.298 e. The Morgan fingerprint density at radius 2 is 2.53 bits per heavy atom. The summed E-state index contributed by atoms with van der Waals surface area (Å²) < 4.78 is 6.67. The molecule has 8 heteroatoms. The van der Waals surface area contributed by atoms with E-state index in [9.17, 15) is 4.79 Å². The minimum Gasteiger partial charge on any atom is -0.337 e. The molecule has 3 heterocycles. The highest BCUT2D eigenvalue weighted by molar-refractivity contribution is 6.00. The first-order valence-electron chi connectivity index (χ1n) is 6.10. The van der Waals surface area contributed by atoms with Crippen LogP contribution in [-0.2, 0) is 7.05 Å². The number of hydrogen-bond donors (Lipinski definition) is 2. The number of amides is 1. The van der Waals surface area contributed by atoms with Crippen molar-refractivity contribution in [1.82, 2.24) is 25.2 Å². The van der Waals surface area contributed by atoms with E-state index < -0.39 is 5.91 Å². The molecule has 3 rings (SSSR count). The number of aromatic nitrogens is 4. The Hall–Kier alpha value is -2.22. The van der Waals surface area contributed by atoms with Crippen molar-refractivity contribution in [2.75, 3.05) is 11.9 Å². The van der Waals surface area contributed by atoms with Crippen LogP contribution in [-0.4, -0.2) is 32.4 Å². The summed E-state index contributed by atoms with van der Waals surface area (Å²) in [6.07, 6.45) is 3.62. The van der Waals surface area contributed by atoms with Crippen LogP contribution in [0.4, 0.5) is 5.82 Å². The number of nitrogens with one attached hydrogen (secondary N) is 2. The molecule has 2 N–H and O–H groups in total. The number of rotatable bonds is 3. The molecule has 8 nitrogen and oxygen atoms in total. The fraction of sp³-hybridized carbons (Fsp3) is 0.455. The molecule has 0 aliphatic carbocycles. The predicted octanol–water partition coefficient (Wildman–Crippen LogP) is 0.480. The van der Waals surface area contributed by atoms with Crippen molar-refractivity contribution < 1.29 is 9.32 Å². The second kappa shape index (κ2) is 4.81. The molecule has 1 aliphatic rings. The Balaban J connectivity index is 1.72. The molecule has 19 heavy (non-hydrogen) atoms. The molecule has 1 fully saturated rings. The smallest absolute Gasteiger partial charge is 0.298 e. The van der Waals surface area contributed by atoms with Crippen LogP contribution in [0.25, 0.3) is 0 Å². The first-order valence-corrected chi connectivity index (χ1v) is 6.10. The molecular formula is C11H14N6O2. The second-order valence-corrected chi connectivity index (χ2v) is 4.40. The summed E-state index contributed by atoms with van der Waals surface area (Å²) in [4.78, 5) is 16.1. The van der Waals surface area contributed by atoms with Gasteiger partial charge >= 0.3 is 0 Å². The molecule has 1 atom stereocenters. The van der Waals surface area contributed by atoms with Crippen molar-refractivity contribution in [2.24, 2.45) is 7.05 Å². The molecule has 2 aromatic heterocycles. The molecular weight excluding hydrogens is 248 g/mol. The molecule has 0 saturated carbocycles. The monoisotopic (exact) mass is 262 g/mol. The van der Waals surface area contributed by atoms with Gasteiger partial charge in [-0.15, -0.1) is 0 Å². The summed E-state index contributed by atoms with van der Waals surface area (Å²) in [5.74, 6) is 0.671. The van der Waals surface area contributed by atoms with E-state index in [0.717, 1.165) is 19.4 Å². The van der Waals surface area contributed by atoms with E-state index in [-0.39, 0.29) is 11.9 Å². The first-order chi connectivity index (χ1) is 9.24. The van der Waals surface area contributed by atoms with Gasteiger partial charge in [0, 0.05) is 13.1 Å². The van der Waals surface area contributed by atoms with Crippen LogP contribution in [0.5, 0.6) is 0 Å². The summed E-state index contributed by atoms with van der Waals surface area (Å²) >= 11 is 0. The summed E-state index contributed by atoms with van der Waals surface area (Å²) in [6, 6.07) is 1.75. The number of hydrogen-bond acceptors (Lipinski definition) is 6. The molecule has 0 aromatic carbocycles. The highest BCUT2D eigenvalue weighted by atomic mass is 16.5. The van der Waals surface area contributed by atoms with E-state index in [1.54, 1.807) is 24.0 Å². The zero-order valence-electron chi connectivity index (χ0n) is 10.5. The van der Waals surface area contributed by atoms with Gasteiger partial charge in [0.05, 0.1) is 12.2 Å². The third kappa shape index (κ3) is 2.34. The molecule has 100 valence electrons. The van der Waals surface area contributed by atoms with E-state index in [2.05, 4.69) is 25.9 Å². The van der Waals surface area contributed by atoms with Crippen molar-refractivity contribution >= 4 is 11.7 Å². The largest absolute Gasteiger partial charge is 0.337 e. The summed E-state index contributed by atoms with van der Waals surface area (Å²) in [5.41, 5.74) is 0. The number of aryl methyl sites for hydroxylation is 1. The number of nitrogens with zero attached hydrogens (tertiary/aromatic N) is 4. The van der Waals surface area contributed by atoms with Crippen molar-refractivity contribution in [3.05, 3.63) is 24.0 Å². The lowest BCUT2D eigenvalue weighted by Gasteiger charge is -2.02. The SMILES string of the molecule is Cn1nccc1NC(=O)c1noc(C2CCCN2)n1. The van der Waals surface area contributed by atoms with Gasteiger partial charge in [-0.25, -0.2) is 0 Å². The van der Waals surface area contributed by atoms with E-state index >= 15 is 0 Å². The lowest BCUT2D eigenvalue weighted by atomic mass is 10.2. The molecule has 0 spiro atoms. The van der Waals surface area contributed by atoms with E-state index in [1.165, 1.54) is 0 Å².